The van der Waals surface area contributed by atoms with Gasteiger partial charge in [0.1, 0.15) is 0 Å². The predicted octanol–water partition coefficient (Wildman–Crippen LogP) is 3.10. The van der Waals surface area contributed by atoms with Crippen molar-refractivity contribution in [3.8, 4) is 11.5 Å². The van der Waals surface area contributed by atoms with E-state index in [-0.39, 0.29) is 5.75 Å². The Hall–Kier alpha value is -1.70. The van der Waals surface area contributed by atoms with Crippen LogP contribution in [0.3, 0.4) is 0 Å². The summed E-state index contributed by atoms with van der Waals surface area (Å²) in [5.74, 6) is 2.04. The molecule has 2 N–H and O–H groups in total. The van der Waals surface area contributed by atoms with Crippen LogP contribution >= 0.6 is 11.8 Å². The first kappa shape index (κ1) is 20.3. The van der Waals surface area contributed by atoms with Gasteiger partial charge >= 0.3 is 6.61 Å². The smallest absolute Gasteiger partial charge is 0.387 e. The van der Waals surface area contributed by atoms with E-state index in [0.29, 0.717) is 30.4 Å². The molecule has 0 saturated heterocycles. The minimum atomic E-state index is -2.91. The first-order valence-electron chi connectivity index (χ1n) is 7.75. The maximum atomic E-state index is 12.7. The average Bonchev–Trinajstić information content (AvgIpc) is 2.56. The van der Waals surface area contributed by atoms with E-state index in [2.05, 4.69) is 26.6 Å². The number of thioether (sulfide) groups is 1. The van der Waals surface area contributed by atoms with Crippen molar-refractivity contribution in [3.05, 3.63) is 23.8 Å². The summed E-state index contributed by atoms with van der Waals surface area (Å²) in [6.45, 7) is 0.340. The summed E-state index contributed by atoms with van der Waals surface area (Å²) in [6.07, 6.45) is 3.07. The molecular formula is C16H25F2N3O2S. The summed E-state index contributed by atoms with van der Waals surface area (Å²) in [5, 5.41) is 6.28. The Labute approximate surface area is 146 Å². The highest BCUT2D eigenvalue weighted by Gasteiger charge is 2.15. The fourth-order valence-corrected chi connectivity index (χ4v) is 2.45. The molecule has 136 valence electrons. The van der Waals surface area contributed by atoms with Crippen molar-refractivity contribution in [1.82, 2.24) is 10.6 Å². The first-order valence-corrected chi connectivity index (χ1v) is 9.14. The van der Waals surface area contributed by atoms with Crippen molar-refractivity contribution >= 4 is 17.7 Å². The molecular weight excluding hydrogens is 336 g/mol. The monoisotopic (exact) mass is 361 g/mol. The van der Waals surface area contributed by atoms with Gasteiger partial charge in [0, 0.05) is 25.7 Å². The number of nitrogens with one attached hydrogen (secondary N) is 2. The van der Waals surface area contributed by atoms with Crippen LogP contribution in [0.25, 0.3) is 0 Å². The van der Waals surface area contributed by atoms with E-state index >= 15 is 0 Å². The zero-order valence-corrected chi connectivity index (χ0v) is 15.1. The second-order valence-electron chi connectivity index (χ2n) is 4.75. The molecule has 0 aliphatic heterocycles. The van der Waals surface area contributed by atoms with Crippen LogP contribution in [0.5, 0.6) is 11.5 Å². The molecule has 0 unspecified atom stereocenters. The molecule has 0 bridgehead atoms. The quantitative estimate of drug-likeness (QED) is 0.381. The van der Waals surface area contributed by atoms with E-state index in [1.54, 1.807) is 43.9 Å². The highest BCUT2D eigenvalue weighted by atomic mass is 32.2. The van der Waals surface area contributed by atoms with Gasteiger partial charge in [-0.3, -0.25) is 4.99 Å². The largest absolute Gasteiger partial charge is 0.490 e. The Bertz CT molecular complexity index is 516. The van der Waals surface area contributed by atoms with Crippen LogP contribution in [-0.4, -0.2) is 44.8 Å². The van der Waals surface area contributed by atoms with Gasteiger partial charge in [-0.25, -0.2) is 0 Å². The van der Waals surface area contributed by atoms with Crippen molar-refractivity contribution < 1.29 is 18.3 Å². The van der Waals surface area contributed by atoms with Crippen LogP contribution in [0.2, 0.25) is 0 Å². The van der Waals surface area contributed by atoms with Crippen molar-refractivity contribution in [2.75, 3.05) is 32.2 Å². The molecule has 0 aliphatic carbocycles. The molecule has 8 heteroatoms. The molecule has 0 radical (unpaired) electrons. The van der Waals surface area contributed by atoms with E-state index in [4.69, 9.17) is 4.74 Å². The molecule has 0 saturated carbocycles. The molecule has 1 aromatic carbocycles. The number of guanidine groups is 1. The van der Waals surface area contributed by atoms with Gasteiger partial charge in [-0.15, -0.1) is 0 Å². The summed E-state index contributed by atoms with van der Waals surface area (Å²) in [6, 6.07) is 5.07. The van der Waals surface area contributed by atoms with Gasteiger partial charge < -0.3 is 20.1 Å². The van der Waals surface area contributed by atoms with Crippen LogP contribution in [0.15, 0.2) is 23.2 Å². The van der Waals surface area contributed by atoms with Gasteiger partial charge in [0.15, 0.2) is 17.5 Å². The number of nitrogens with zero attached hydrogens (tertiary/aromatic N) is 1. The fraction of sp³-hybridized carbons (Fsp3) is 0.562. The number of hydrogen-bond donors (Lipinski definition) is 2. The van der Waals surface area contributed by atoms with Gasteiger partial charge in [0.25, 0.3) is 0 Å². The normalized spacial score (nSPS) is 11.5. The Morgan fingerprint density at radius 1 is 1.33 bits per heavy atom. The number of halogens is 2. The molecule has 0 heterocycles. The number of rotatable bonds is 10. The Morgan fingerprint density at radius 3 is 2.75 bits per heavy atom. The van der Waals surface area contributed by atoms with Crippen LogP contribution in [0.1, 0.15) is 18.9 Å². The Morgan fingerprint density at radius 2 is 2.12 bits per heavy atom. The molecule has 24 heavy (non-hydrogen) atoms. The van der Waals surface area contributed by atoms with Crippen molar-refractivity contribution in [3.63, 3.8) is 0 Å². The molecule has 0 aromatic heterocycles. The first-order chi connectivity index (χ1) is 11.6. The Balaban J connectivity index is 2.72. The molecule has 1 rings (SSSR count). The fourth-order valence-electron chi connectivity index (χ4n) is 2.02. The number of hydrogen-bond acceptors (Lipinski definition) is 4. The predicted molar refractivity (Wildman–Crippen MR) is 95.4 cm³/mol. The summed E-state index contributed by atoms with van der Waals surface area (Å²) >= 11 is 1.78. The van der Waals surface area contributed by atoms with E-state index in [9.17, 15) is 8.78 Å². The minimum absolute atomic E-state index is 0.0553. The molecule has 1 aromatic rings. The number of alkyl halides is 2. The second-order valence-corrected chi connectivity index (χ2v) is 5.74. The van der Waals surface area contributed by atoms with Gasteiger partial charge in [-0.1, -0.05) is 12.1 Å². The number of aliphatic imine (C=N–C) groups is 1. The van der Waals surface area contributed by atoms with Gasteiger partial charge in [-0.05, 0) is 31.4 Å². The van der Waals surface area contributed by atoms with Crippen molar-refractivity contribution in [2.45, 2.75) is 26.5 Å². The highest BCUT2D eigenvalue weighted by Crippen LogP contribution is 2.32. The maximum Gasteiger partial charge on any atom is 0.387 e. The molecule has 0 spiro atoms. The van der Waals surface area contributed by atoms with E-state index in [1.165, 1.54) is 0 Å². The van der Waals surface area contributed by atoms with Crippen molar-refractivity contribution in [2.24, 2.45) is 4.99 Å². The lowest BCUT2D eigenvalue weighted by Gasteiger charge is -2.17. The summed E-state index contributed by atoms with van der Waals surface area (Å²) in [5.41, 5.74) is 0.577. The molecule has 0 aliphatic rings. The number of ether oxygens (including phenoxy) is 2. The average molecular weight is 361 g/mol. The highest BCUT2D eigenvalue weighted by molar-refractivity contribution is 7.98. The molecule has 0 atom stereocenters. The lowest BCUT2D eigenvalue weighted by molar-refractivity contribution is -0.0520. The van der Waals surface area contributed by atoms with Crippen LogP contribution in [0.4, 0.5) is 8.78 Å². The zero-order valence-electron chi connectivity index (χ0n) is 14.3. The van der Waals surface area contributed by atoms with Crippen molar-refractivity contribution in [1.29, 1.82) is 0 Å². The van der Waals surface area contributed by atoms with E-state index in [0.717, 1.165) is 18.7 Å². The van der Waals surface area contributed by atoms with Crippen LogP contribution in [0, 0.1) is 0 Å². The standard InChI is InChI=1S/C16H25F2N3O2S/c1-4-22-13-8-5-7-12(14(13)23-15(17)18)11-21-16(19-2)20-9-6-10-24-3/h5,7-8,15H,4,6,9-11H2,1-3H3,(H2,19,20,21). The lowest BCUT2D eigenvalue weighted by atomic mass is 10.2. The van der Waals surface area contributed by atoms with Crippen LogP contribution < -0.4 is 20.1 Å². The second kappa shape index (κ2) is 11.8. The molecule has 0 fully saturated rings. The molecule has 5 nitrogen and oxygen atoms in total. The third-order valence-electron chi connectivity index (χ3n) is 3.05. The SMILES string of the molecule is CCOc1cccc(CNC(=NC)NCCCSC)c1OC(F)F. The summed E-state index contributed by atoms with van der Waals surface area (Å²) in [4.78, 5) is 4.12. The summed E-state index contributed by atoms with van der Waals surface area (Å²) in [7, 11) is 1.66. The summed E-state index contributed by atoms with van der Waals surface area (Å²) < 4.78 is 35.4. The Kier molecular flexibility index (Phi) is 9.98. The molecule has 0 amide bonds. The number of para-hydroxylation sites is 1. The zero-order chi connectivity index (χ0) is 17.8. The van der Waals surface area contributed by atoms with Crippen LogP contribution in [-0.2, 0) is 6.54 Å². The maximum absolute atomic E-state index is 12.7. The number of benzene rings is 1. The van der Waals surface area contributed by atoms with Gasteiger partial charge in [0.2, 0.25) is 0 Å². The topological polar surface area (TPSA) is 54.9 Å². The van der Waals surface area contributed by atoms with Gasteiger partial charge in [-0.2, -0.15) is 20.5 Å². The lowest BCUT2D eigenvalue weighted by Crippen LogP contribution is -2.37. The minimum Gasteiger partial charge on any atom is -0.490 e. The van der Waals surface area contributed by atoms with Gasteiger partial charge in [0.05, 0.1) is 6.61 Å². The third-order valence-corrected chi connectivity index (χ3v) is 3.75. The van der Waals surface area contributed by atoms with E-state index < -0.39 is 6.61 Å². The van der Waals surface area contributed by atoms with E-state index in [1.807, 2.05) is 0 Å². The third kappa shape index (κ3) is 7.25.